The van der Waals surface area contributed by atoms with Crippen LogP contribution in [-0.2, 0) is 14.8 Å². The molecule has 0 unspecified atom stereocenters. The third-order valence-corrected chi connectivity index (χ3v) is 7.91. The van der Waals surface area contributed by atoms with Gasteiger partial charge in [0.15, 0.2) is 0 Å². The summed E-state index contributed by atoms with van der Waals surface area (Å²) < 4.78 is 27.3. The molecule has 3 rings (SSSR count). The fourth-order valence-corrected chi connectivity index (χ4v) is 5.41. The highest BCUT2D eigenvalue weighted by Gasteiger charge is 2.34. The number of aryl methyl sites for hydroxylation is 2. The Labute approximate surface area is 157 Å². The first-order valence-electron chi connectivity index (χ1n) is 9.65. The molecule has 2 aliphatic heterocycles. The summed E-state index contributed by atoms with van der Waals surface area (Å²) in [6, 6.07) is 5.29. The Kier molecular flexibility index (Phi) is 5.72. The average molecular weight is 379 g/mol. The monoisotopic (exact) mass is 378 g/mol. The zero-order valence-electron chi connectivity index (χ0n) is 16.1. The minimum Gasteiger partial charge on any atom is -0.342 e. The van der Waals surface area contributed by atoms with Gasteiger partial charge in [-0.3, -0.25) is 4.79 Å². The quantitative estimate of drug-likeness (QED) is 0.812. The van der Waals surface area contributed by atoms with Crippen molar-refractivity contribution < 1.29 is 13.2 Å². The molecule has 0 bridgehead atoms. The molecule has 0 aliphatic carbocycles. The summed E-state index contributed by atoms with van der Waals surface area (Å²) in [5.74, 6) is 0.888. The summed E-state index contributed by atoms with van der Waals surface area (Å²) in [4.78, 5) is 15.1. The number of carbonyl (C=O) groups excluding carboxylic acids is 1. The number of amides is 1. The van der Waals surface area contributed by atoms with Gasteiger partial charge >= 0.3 is 0 Å². The number of benzene rings is 1. The Morgan fingerprint density at radius 2 is 1.58 bits per heavy atom. The molecule has 0 aromatic heterocycles. The van der Waals surface area contributed by atoms with Crippen LogP contribution in [0.5, 0.6) is 0 Å². The highest BCUT2D eigenvalue weighted by molar-refractivity contribution is 7.89. The van der Waals surface area contributed by atoms with Gasteiger partial charge in [-0.15, -0.1) is 0 Å². The second-order valence-corrected chi connectivity index (χ2v) is 9.87. The molecule has 0 atom stereocenters. The molecule has 1 amide bonds. The first-order chi connectivity index (χ1) is 12.3. The van der Waals surface area contributed by atoms with Crippen molar-refractivity contribution in [1.82, 2.24) is 9.21 Å². The van der Waals surface area contributed by atoms with Crippen LogP contribution in [0.3, 0.4) is 0 Å². The van der Waals surface area contributed by atoms with Crippen molar-refractivity contribution >= 4 is 15.9 Å². The molecule has 2 heterocycles. The van der Waals surface area contributed by atoms with Crippen LogP contribution >= 0.6 is 0 Å². The molecule has 5 nitrogen and oxygen atoms in total. The van der Waals surface area contributed by atoms with E-state index in [0.717, 1.165) is 37.1 Å². The van der Waals surface area contributed by atoms with Gasteiger partial charge in [0.2, 0.25) is 15.9 Å². The van der Waals surface area contributed by atoms with Crippen LogP contribution in [0.25, 0.3) is 0 Å². The number of rotatable bonds is 3. The molecule has 1 aromatic carbocycles. The normalized spacial score (nSPS) is 21.1. The second-order valence-electron chi connectivity index (χ2n) is 7.93. The van der Waals surface area contributed by atoms with Gasteiger partial charge < -0.3 is 4.90 Å². The Hall–Kier alpha value is -1.40. The Bertz CT molecular complexity index is 759. The molecular weight excluding hydrogens is 348 g/mol. The number of nitrogens with zero attached hydrogens (tertiary/aromatic N) is 2. The summed E-state index contributed by atoms with van der Waals surface area (Å²) in [6.45, 7) is 8.69. The SMILES string of the molecule is Cc1ccc(S(=O)(=O)N2CCC(C(=O)N3CCC(C)CC3)CC2)cc1C. The molecule has 2 fully saturated rings. The Balaban J connectivity index is 1.62. The van der Waals surface area contributed by atoms with Crippen molar-refractivity contribution in [2.75, 3.05) is 26.2 Å². The molecule has 26 heavy (non-hydrogen) atoms. The van der Waals surface area contributed by atoms with E-state index in [2.05, 4.69) is 6.92 Å². The standard InChI is InChI=1S/C20H30N2O3S/c1-15-6-10-21(11-7-15)20(23)18-8-12-22(13-9-18)26(24,25)19-5-4-16(2)17(3)14-19/h4-5,14-15,18H,6-13H2,1-3H3. The average Bonchev–Trinajstić information content (AvgIpc) is 2.64. The van der Waals surface area contributed by atoms with Gasteiger partial charge in [-0.05, 0) is 68.7 Å². The van der Waals surface area contributed by atoms with Crippen molar-refractivity contribution in [3.63, 3.8) is 0 Å². The topological polar surface area (TPSA) is 57.7 Å². The minimum atomic E-state index is -3.47. The van der Waals surface area contributed by atoms with Crippen LogP contribution < -0.4 is 0 Å². The van der Waals surface area contributed by atoms with E-state index in [1.54, 1.807) is 16.4 Å². The molecule has 144 valence electrons. The Morgan fingerprint density at radius 3 is 2.15 bits per heavy atom. The van der Waals surface area contributed by atoms with Crippen molar-refractivity contribution in [2.45, 2.75) is 51.3 Å². The maximum absolute atomic E-state index is 12.9. The lowest BCUT2D eigenvalue weighted by atomic mass is 9.93. The van der Waals surface area contributed by atoms with Crippen LogP contribution in [0.2, 0.25) is 0 Å². The van der Waals surface area contributed by atoms with Crippen molar-refractivity contribution in [3.05, 3.63) is 29.3 Å². The molecule has 1 aromatic rings. The van der Waals surface area contributed by atoms with E-state index in [1.165, 1.54) is 0 Å². The van der Waals surface area contributed by atoms with Gasteiger partial charge in [0.1, 0.15) is 0 Å². The van der Waals surface area contributed by atoms with Crippen LogP contribution in [0.15, 0.2) is 23.1 Å². The van der Waals surface area contributed by atoms with Gasteiger partial charge in [0, 0.05) is 32.1 Å². The van der Waals surface area contributed by atoms with E-state index in [-0.39, 0.29) is 11.8 Å². The van der Waals surface area contributed by atoms with Gasteiger partial charge in [-0.1, -0.05) is 13.0 Å². The summed E-state index contributed by atoms with van der Waals surface area (Å²) >= 11 is 0. The lowest BCUT2D eigenvalue weighted by Crippen LogP contribution is -2.46. The largest absolute Gasteiger partial charge is 0.342 e. The number of sulfonamides is 1. The maximum Gasteiger partial charge on any atom is 0.243 e. The lowest BCUT2D eigenvalue weighted by molar-refractivity contribution is -0.138. The lowest BCUT2D eigenvalue weighted by Gasteiger charge is -2.36. The summed E-state index contributed by atoms with van der Waals surface area (Å²) in [6.07, 6.45) is 3.39. The Morgan fingerprint density at radius 1 is 0.962 bits per heavy atom. The van der Waals surface area contributed by atoms with Gasteiger partial charge in [0.25, 0.3) is 0 Å². The van der Waals surface area contributed by atoms with Crippen molar-refractivity contribution in [1.29, 1.82) is 0 Å². The number of hydrogen-bond acceptors (Lipinski definition) is 3. The van der Waals surface area contributed by atoms with E-state index in [0.29, 0.717) is 36.7 Å². The summed E-state index contributed by atoms with van der Waals surface area (Å²) in [7, 11) is -3.47. The molecule has 0 saturated carbocycles. The molecular formula is C20H30N2O3S. The van der Waals surface area contributed by atoms with Crippen molar-refractivity contribution in [2.24, 2.45) is 11.8 Å². The van der Waals surface area contributed by atoms with Crippen LogP contribution in [-0.4, -0.2) is 49.7 Å². The molecule has 6 heteroatoms. The van der Waals surface area contributed by atoms with E-state index < -0.39 is 10.0 Å². The molecule has 0 radical (unpaired) electrons. The van der Waals surface area contributed by atoms with E-state index in [9.17, 15) is 13.2 Å². The smallest absolute Gasteiger partial charge is 0.243 e. The maximum atomic E-state index is 12.9. The highest BCUT2D eigenvalue weighted by Crippen LogP contribution is 2.27. The summed E-state index contributed by atoms with van der Waals surface area (Å²) in [5, 5.41) is 0. The second kappa shape index (κ2) is 7.69. The number of hydrogen-bond donors (Lipinski definition) is 0. The van der Waals surface area contributed by atoms with E-state index in [1.807, 2.05) is 24.8 Å². The fraction of sp³-hybridized carbons (Fsp3) is 0.650. The zero-order chi connectivity index (χ0) is 18.9. The van der Waals surface area contributed by atoms with E-state index in [4.69, 9.17) is 0 Å². The highest BCUT2D eigenvalue weighted by atomic mass is 32.2. The molecule has 2 aliphatic rings. The van der Waals surface area contributed by atoms with Crippen molar-refractivity contribution in [3.8, 4) is 0 Å². The first kappa shape index (κ1) is 19.4. The molecule has 0 N–H and O–H groups in total. The van der Waals surface area contributed by atoms with E-state index >= 15 is 0 Å². The predicted molar refractivity (Wildman–Crippen MR) is 102 cm³/mol. The predicted octanol–water partition coefficient (Wildman–Crippen LogP) is 2.96. The van der Waals surface area contributed by atoms with Gasteiger partial charge in [-0.25, -0.2) is 8.42 Å². The first-order valence-corrected chi connectivity index (χ1v) is 11.1. The molecule has 2 saturated heterocycles. The number of carbonyl (C=O) groups is 1. The van der Waals surface area contributed by atoms with Gasteiger partial charge in [-0.2, -0.15) is 4.31 Å². The zero-order valence-corrected chi connectivity index (χ0v) is 16.9. The summed E-state index contributed by atoms with van der Waals surface area (Å²) in [5.41, 5.74) is 2.07. The minimum absolute atomic E-state index is 0.0328. The van der Waals surface area contributed by atoms with Crippen LogP contribution in [0.1, 0.15) is 43.7 Å². The fourth-order valence-electron chi connectivity index (χ4n) is 3.85. The number of piperidine rings is 2. The van der Waals surface area contributed by atoms with Crippen LogP contribution in [0, 0.1) is 25.7 Å². The third kappa shape index (κ3) is 3.96. The third-order valence-electron chi connectivity index (χ3n) is 6.01. The number of likely N-dealkylation sites (tertiary alicyclic amines) is 1. The van der Waals surface area contributed by atoms with Gasteiger partial charge in [0.05, 0.1) is 4.90 Å². The molecule has 0 spiro atoms. The van der Waals surface area contributed by atoms with Crippen LogP contribution in [0.4, 0.5) is 0 Å².